The van der Waals surface area contributed by atoms with Crippen LogP contribution in [0.1, 0.15) is 31.9 Å². The highest BCUT2D eigenvalue weighted by atomic mass is 19.4. The Bertz CT molecular complexity index is 1150. The molecule has 35 heavy (non-hydrogen) atoms. The van der Waals surface area contributed by atoms with Crippen LogP contribution in [0.15, 0.2) is 73.1 Å². The van der Waals surface area contributed by atoms with Crippen LogP contribution in [0.25, 0.3) is 22.3 Å². The Kier molecular flexibility index (Phi) is 8.26. The number of aromatic nitrogens is 1. The second-order valence-electron chi connectivity index (χ2n) is 8.76. The molecule has 0 unspecified atom stereocenters. The summed E-state index contributed by atoms with van der Waals surface area (Å²) in [6, 6.07) is 15.9. The summed E-state index contributed by atoms with van der Waals surface area (Å²) in [5.41, 5.74) is 9.02. The summed E-state index contributed by atoms with van der Waals surface area (Å²) in [5.74, 6) is -0.964. The third-order valence-electron chi connectivity index (χ3n) is 5.78. The van der Waals surface area contributed by atoms with E-state index in [0.717, 1.165) is 27.2 Å². The van der Waals surface area contributed by atoms with Crippen molar-refractivity contribution >= 4 is 5.91 Å². The Morgan fingerprint density at radius 1 is 0.943 bits per heavy atom. The van der Waals surface area contributed by atoms with Gasteiger partial charge in [0.05, 0.1) is 18.7 Å². The molecule has 0 saturated heterocycles. The van der Waals surface area contributed by atoms with Crippen LogP contribution in [-0.2, 0) is 4.79 Å². The highest BCUT2D eigenvalue weighted by Gasteiger charge is 2.47. The number of nitrogens with two attached hydrogens (primary N) is 1. The Balaban J connectivity index is 1.93. The van der Waals surface area contributed by atoms with Gasteiger partial charge in [-0.15, -0.1) is 0 Å². The van der Waals surface area contributed by atoms with E-state index in [-0.39, 0.29) is 17.9 Å². The highest BCUT2D eigenvalue weighted by Crippen LogP contribution is 2.40. The van der Waals surface area contributed by atoms with Crippen molar-refractivity contribution in [1.29, 1.82) is 5.26 Å². The Morgan fingerprint density at radius 2 is 1.40 bits per heavy atom. The maximum absolute atomic E-state index is 14.3. The molecule has 1 aromatic heterocycles. The van der Waals surface area contributed by atoms with Crippen molar-refractivity contribution in [2.75, 3.05) is 6.54 Å². The zero-order valence-corrected chi connectivity index (χ0v) is 19.5. The van der Waals surface area contributed by atoms with Gasteiger partial charge in [0.15, 0.2) is 0 Å². The van der Waals surface area contributed by atoms with Crippen LogP contribution in [0, 0.1) is 17.2 Å². The molecule has 1 amide bonds. The molecule has 0 radical (unpaired) electrons. The fraction of sp³-hybridized carbons (Fsp3) is 0.296. The summed E-state index contributed by atoms with van der Waals surface area (Å²) in [4.78, 5) is 17.0. The molecule has 8 heteroatoms. The number of alkyl halides is 3. The van der Waals surface area contributed by atoms with Gasteiger partial charge in [-0.25, -0.2) is 0 Å². The van der Waals surface area contributed by atoms with Gasteiger partial charge >= 0.3 is 6.18 Å². The van der Waals surface area contributed by atoms with Gasteiger partial charge in [0.1, 0.15) is 6.04 Å². The molecule has 3 rings (SSSR count). The van der Waals surface area contributed by atoms with Gasteiger partial charge in [0.2, 0.25) is 5.91 Å². The molecule has 3 aromatic rings. The SMILES string of the molecule is CC(C)C[C@@H](C(N)=O)N(CC#N)[C@@H](c1ccc(-c2ccc(-c3ccncc3)cc2)cc1)C(F)(F)F. The van der Waals surface area contributed by atoms with E-state index in [9.17, 15) is 23.2 Å². The predicted octanol–water partition coefficient (Wildman–Crippen LogP) is 5.74. The van der Waals surface area contributed by atoms with Gasteiger partial charge in [-0.1, -0.05) is 62.4 Å². The lowest BCUT2D eigenvalue weighted by Gasteiger charge is -2.37. The quantitative estimate of drug-likeness (QED) is 0.396. The maximum Gasteiger partial charge on any atom is 0.408 e. The number of amides is 1. The smallest absolute Gasteiger partial charge is 0.368 e. The van der Waals surface area contributed by atoms with E-state index in [4.69, 9.17) is 5.73 Å². The fourth-order valence-electron chi connectivity index (χ4n) is 4.15. The zero-order valence-electron chi connectivity index (χ0n) is 19.5. The van der Waals surface area contributed by atoms with Crippen LogP contribution in [0.3, 0.4) is 0 Å². The Morgan fingerprint density at radius 3 is 1.80 bits per heavy atom. The van der Waals surface area contributed by atoms with Crippen molar-refractivity contribution in [1.82, 2.24) is 9.88 Å². The summed E-state index contributed by atoms with van der Waals surface area (Å²) in [6.07, 6.45) is -1.18. The number of hydrogen-bond donors (Lipinski definition) is 1. The Hall–Kier alpha value is -3.70. The minimum atomic E-state index is -4.71. The van der Waals surface area contributed by atoms with Crippen LogP contribution in [0.2, 0.25) is 0 Å². The van der Waals surface area contributed by atoms with E-state index in [2.05, 4.69) is 4.98 Å². The third kappa shape index (κ3) is 6.46. The number of nitriles is 1. The maximum atomic E-state index is 14.3. The summed E-state index contributed by atoms with van der Waals surface area (Å²) in [6.45, 7) is 3.00. The second kappa shape index (κ2) is 11.2. The van der Waals surface area contributed by atoms with Crippen LogP contribution < -0.4 is 5.73 Å². The van der Waals surface area contributed by atoms with Gasteiger partial charge < -0.3 is 5.73 Å². The number of primary amides is 1. The number of hydrogen-bond acceptors (Lipinski definition) is 4. The molecule has 0 aliphatic carbocycles. The van der Waals surface area contributed by atoms with E-state index in [1.807, 2.05) is 36.4 Å². The largest absolute Gasteiger partial charge is 0.408 e. The summed E-state index contributed by atoms with van der Waals surface area (Å²) in [5, 5.41) is 9.25. The summed E-state index contributed by atoms with van der Waals surface area (Å²) < 4.78 is 42.8. The van der Waals surface area contributed by atoms with Crippen molar-refractivity contribution in [2.24, 2.45) is 11.7 Å². The molecule has 0 spiro atoms. The lowest BCUT2D eigenvalue weighted by Crippen LogP contribution is -2.51. The lowest BCUT2D eigenvalue weighted by atomic mass is 9.95. The monoisotopic (exact) mass is 480 g/mol. The molecule has 2 N–H and O–H groups in total. The second-order valence-corrected chi connectivity index (χ2v) is 8.76. The average Bonchev–Trinajstić information content (AvgIpc) is 2.82. The standard InChI is InChI=1S/C27H27F3N4O/c1-18(2)17-24(26(32)35)34(16-13-31)25(27(28,29)30)23-9-7-20(8-10-23)19-3-5-21(6-4-19)22-11-14-33-15-12-22/h3-12,14-15,18,24-25H,16-17H2,1-2H3,(H2,32,35)/t24-,25-/m0/s1. The van der Waals surface area contributed by atoms with E-state index in [1.165, 1.54) is 12.1 Å². The van der Waals surface area contributed by atoms with E-state index < -0.39 is 30.7 Å². The number of rotatable bonds is 9. The predicted molar refractivity (Wildman–Crippen MR) is 129 cm³/mol. The molecule has 0 saturated carbocycles. The molecular weight excluding hydrogens is 453 g/mol. The van der Waals surface area contributed by atoms with Gasteiger partial charge in [-0.2, -0.15) is 18.4 Å². The lowest BCUT2D eigenvalue weighted by molar-refractivity contribution is -0.192. The molecular formula is C27H27F3N4O. The topological polar surface area (TPSA) is 83.0 Å². The van der Waals surface area contributed by atoms with Crippen molar-refractivity contribution in [3.63, 3.8) is 0 Å². The molecule has 0 bridgehead atoms. The zero-order chi connectivity index (χ0) is 25.6. The van der Waals surface area contributed by atoms with Crippen molar-refractivity contribution in [3.8, 4) is 28.3 Å². The summed E-state index contributed by atoms with van der Waals surface area (Å²) in [7, 11) is 0. The molecule has 182 valence electrons. The van der Waals surface area contributed by atoms with Crippen LogP contribution in [0.4, 0.5) is 13.2 Å². The molecule has 0 aliphatic rings. The first-order chi connectivity index (χ1) is 16.6. The number of carbonyl (C=O) groups is 1. The van der Waals surface area contributed by atoms with E-state index >= 15 is 0 Å². The number of halogens is 3. The summed E-state index contributed by atoms with van der Waals surface area (Å²) >= 11 is 0. The van der Waals surface area contributed by atoms with Gasteiger partial charge in [-0.3, -0.25) is 14.7 Å². The van der Waals surface area contributed by atoms with Crippen molar-refractivity contribution in [3.05, 3.63) is 78.6 Å². The number of nitrogens with zero attached hydrogens (tertiary/aromatic N) is 3. The van der Waals surface area contributed by atoms with E-state index in [0.29, 0.717) is 0 Å². The van der Waals surface area contributed by atoms with Crippen LogP contribution in [-0.4, -0.2) is 34.6 Å². The van der Waals surface area contributed by atoms with Crippen molar-refractivity contribution < 1.29 is 18.0 Å². The highest BCUT2D eigenvalue weighted by molar-refractivity contribution is 5.80. The van der Waals surface area contributed by atoms with Gasteiger partial charge in [-0.05, 0) is 52.3 Å². The van der Waals surface area contributed by atoms with E-state index in [1.54, 1.807) is 44.4 Å². The first-order valence-corrected chi connectivity index (χ1v) is 11.2. The number of pyridine rings is 1. The molecule has 2 aromatic carbocycles. The van der Waals surface area contributed by atoms with Gasteiger partial charge in [0.25, 0.3) is 0 Å². The first-order valence-electron chi connectivity index (χ1n) is 11.2. The number of carbonyl (C=O) groups excluding carboxylic acids is 1. The fourth-order valence-corrected chi connectivity index (χ4v) is 4.15. The molecule has 1 heterocycles. The average molecular weight is 481 g/mol. The molecule has 5 nitrogen and oxygen atoms in total. The minimum absolute atomic E-state index is 0.0556. The third-order valence-corrected chi connectivity index (χ3v) is 5.78. The minimum Gasteiger partial charge on any atom is -0.368 e. The Labute approximate surface area is 203 Å². The number of benzene rings is 2. The van der Waals surface area contributed by atoms with Gasteiger partial charge in [0, 0.05) is 12.4 Å². The van der Waals surface area contributed by atoms with Crippen LogP contribution >= 0.6 is 0 Å². The molecule has 0 fully saturated rings. The first kappa shape index (κ1) is 25.9. The van der Waals surface area contributed by atoms with Crippen molar-refractivity contribution in [2.45, 2.75) is 38.5 Å². The molecule has 2 atom stereocenters. The normalized spacial score (nSPS) is 13.4. The van der Waals surface area contributed by atoms with Crippen LogP contribution in [0.5, 0.6) is 0 Å². The molecule has 0 aliphatic heterocycles.